The molecule has 188 valence electrons. The highest BCUT2D eigenvalue weighted by atomic mass is 16.6. The molecule has 0 aliphatic rings. The maximum Gasteiger partial charge on any atom is 0.344 e. The van der Waals surface area contributed by atoms with E-state index in [1.54, 1.807) is 31.2 Å². The molecule has 0 atom stereocenters. The van der Waals surface area contributed by atoms with Crippen LogP contribution in [0.3, 0.4) is 0 Å². The molecule has 8 heteroatoms. The summed E-state index contributed by atoms with van der Waals surface area (Å²) in [6.07, 6.45) is 1.36. The van der Waals surface area contributed by atoms with Gasteiger partial charge >= 0.3 is 11.9 Å². The lowest BCUT2D eigenvalue weighted by Gasteiger charge is -2.12. The Labute approximate surface area is 218 Å². The Morgan fingerprint density at radius 3 is 2.47 bits per heavy atom. The van der Waals surface area contributed by atoms with E-state index in [0.717, 1.165) is 10.8 Å². The number of esters is 1. The molecular weight excluding hydrogens is 484 g/mol. The van der Waals surface area contributed by atoms with Crippen LogP contribution in [0.15, 0.2) is 90.5 Å². The van der Waals surface area contributed by atoms with Gasteiger partial charge < -0.3 is 19.9 Å². The summed E-state index contributed by atoms with van der Waals surface area (Å²) in [7, 11) is 0. The molecular formula is C30H22N2O6. The molecule has 4 aromatic carbocycles. The number of aromatic carboxylic acids is 1. The fraction of sp³-hybridized carbons (Fsp3) is 0.0667. The molecule has 2 N–H and O–H groups in total. The first kappa shape index (κ1) is 25.7. The average molecular weight is 507 g/mol. The molecule has 4 aromatic rings. The van der Waals surface area contributed by atoms with Gasteiger partial charge in [0.25, 0.3) is 5.91 Å². The van der Waals surface area contributed by atoms with E-state index >= 15 is 0 Å². The number of nitrogens with one attached hydrogen (secondary N) is 1. The van der Waals surface area contributed by atoms with E-state index < -0.39 is 17.8 Å². The summed E-state index contributed by atoms with van der Waals surface area (Å²) in [5.74, 6) is -1.94. The number of nitriles is 1. The van der Waals surface area contributed by atoms with Gasteiger partial charge in [0.2, 0.25) is 0 Å². The number of amides is 1. The number of carboxylic acid groups (broad SMARTS) is 1. The molecule has 0 spiro atoms. The van der Waals surface area contributed by atoms with Crippen molar-refractivity contribution in [1.29, 1.82) is 5.26 Å². The van der Waals surface area contributed by atoms with E-state index in [4.69, 9.17) is 14.6 Å². The normalized spacial score (nSPS) is 10.9. The van der Waals surface area contributed by atoms with Crippen molar-refractivity contribution in [1.82, 2.24) is 0 Å². The summed E-state index contributed by atoms with van der Waals surface area (Å²) in [4.78, 5) is 36.8. The molecule has 0 fully saturated rings. The molecule has 0 aliphatic carbocycles. The van der Waals surface area contributed by atoms with Crippen molar-refractivity contribution < 1.29 is 29.0 Å². The summed E-state index contributed by atoms with van der Waals surface area (Å²) in [6.45, 7) is 2.07. The first-order chi connectivity index (χ1) is 18.4. The Balaban J connectivity index is 1.58. The lowest BCUT2D eigenvalue weighted by Crippen LogP contribution is -2.14. The van der Waals surface area contributed by atoms with Crippen LogP contribution in [0.4, 0.5) is 5.69 Å². The predicted octanol–water partition coefficient (Wildman–Crippen LogP) is 5.70. The lowest BCUT2D eigenvalue weighted by atomic mass is 10.0. The smallest absolute Gasteiger partial charge is 0.344 e. The highest BCUT2D eigenvalue weighted by molar-refractivity contribution is 6.10. The minimum absolute atomic E-state index is 0.000259. The fourth-order valence-electron chi connectivity index (χ4n) is 3.77. The standard InChI is InChI=1S/C30H22N2O6/c1-2-37-27-16-19(15-22(18-31)28(33)32-23-10-5-9-21(17-23)29(34)35)13-14-26(27)38-30(36)25-12-6-8-20-7-3-4-11-24(20)25/h3-17H,2H2,1H3,(H,32,33)(H,34,35)/b22-15-. The van der Waals surface area contributed by atoms with Gasteiger partial charge in [0.05, 0.1) is 17.7 Å². The summed E-state index contributed by atoms with van der Waals surface area (Å²) >= 11 is 0. The molecule has 1 amide bonds. The van der Waals surface area contributed by atoms with Gasteiger partial charge in [-0.05, 0) is 65.7 Å². The Morgan fingerprint density at radius 1 is 0.947 bits per heavy atom. The van der Waals surface area contributed by atoms with Crippen LogP contribution in [0.1, 0.15) is 33.2 Å². The molecule has 8 nitrogen and oxygen atoms in total. The molecule has 38 heavy (non-hydrogen) atoms. The SMILES string of the molecule is CCOc1cc(/C=C(/C#N)C(=O)Nc2cccc(C(=O)O)c2)ccc1OC(=O)c1cccc2ccccc12. The minimum atomic E-state index is -1.14. The van der Waals surface area contributed by atoms with Gasteiger partial charge in [-0.15, -0.1) is 0 Å². The summed E-state index contributed by atoms with van der Waals surface area (Å²) in [6, 6.07) is 25.1. The third kappa shape index (κ3) is 5.86. The van der Waals surface area contributed by atoms with Gasteiger partial charge in [-0.2, -0.15) is 5.26 Å². The summed E-state index contributed by atoms with van der Waals surface area (Å²) < 4.78 is 11.3. The van der Waals surface area contributed by atoms with Crippen LogP contribution in [0.5, 0.6) is 11.5 Å². The second-order valence-corrected chi connectivity index (χ2v) is 8.07. The number of carboxylic acids is 1. The van der Waals surface area contributed by atoms with Crippen molar-refractivity contribution in [2.75, 3.05) is 11.9 Å². The molecule has 0 radical (unpaired) electrons. The van der Waals surface area contributed by atoms with E-state index in [2.05, 4.69) is 5.32 Å². The second kappa shape index (κ2) is 11.5. The van der Waals surface area contributed by atoms with Crippen LogP contribution < -0.4 is 14.8 Å². The fourth-order valence-corrected chi connectivity index (χ4v) is 3.77. The van der Waals surface area contributed by atoms with E-state index in [9.17, 15) is 19.6 Å². The molecule has 0 unspecified atom stereocenters. The Kier molecular flexibility index (Phi) is 7.80. The van der Waals surface area contributed by atoms with Crippen molar-refractivity contribution in [3.8, 4) is 17.6 Å². The maximum absolute atomic E-state index is 13.0. The van der Waals surface area contributed by atoms with Crippen molar-refractivity contribution >= 4 is 40.4 Å². The zero-order valence-electron chi connectivity index (χ0n) is 20.3. The van der Waals surface area contributed by atoms with Crippen molar-refractivity contribution in [3.05, 3.63) is 107 Å². The number of hydrogen-bond donors (Lipinski definition) is 2. The quantitative estimate of drug-likeness (QED) is 0.136. The third-order valence-electron chi connectivity index (χ3n) is 5.52. The van der Waals surface area contributed by atoms with Gasteiger partial charge in [0.15, 0.2) is 11.5 Å². The van der Waals surface area contributed by atoms with E-state index in [-0.39, 0.29) is 34.9 Å². The number of fused-ring (bicyclic) bond motifs is 1. The zero-order chi connectivity index (χ0) is 27.1. The number of anilines is 1. The minimum Gasteiger partial charge on any atom is -0.490 e. The number of carbonyl (C=O) groups excluding carboxylic acids is 2. The van der Waals surface area contributed by atoms with Crippen molar-refractivity contribution in [3.63, 3.8) is 0 Å². The maximum atomic E-state index is 13.0. The number of rotatable bonds is 8. The van der Waals surface area contributed by atoms with E-state index in [1.165, 1.54) is 36.4 Å². The van der Waals surface area contributed by atoms with Crippen molar-refractivity contribution in [2.24, 2.45) is 0 Å². The summed E-state index contributed by atoms with van der Waals surface area (Å²) in [5, 5.41) is 22.9. The molecule has 4 rings (SSSR count). The largest absolute Gasteiger partial charge is 0.490 e. The van der Waals surface area contributed by atoms with E-state index in [0.29, 0.717) is 11.1 Å². The van der Waals surface area contributed by atoms with Crippen LogP contribution in [0.2, 0.25) is 0 Å². The number of carbonyl (C=O) groups is 3. The zero-order valence-corrected chi connectivity index (χ0v) is 20.3. The molecule has 0 heterocycles. The molecule has 0 aliphatic heterocycles. The number of hydrogen-bond acceptors (Lipinski definition) is 6. The van der Waals surface area contributed by atoms with Gasteiger partial charge in [-0.1, -0.05) is 48.5 Å². The lowest BCUT2D eigenvalue weighted by molar-refractivity contribution is -0.112. The number of ether oxygens (including phenoxy) is 2. The van der Waals surface area contributed by atoms with E-state index in [1.807, 2.05) is 36.4 Å². The Morgan fingerprint density at radius 2 is 1.71 bits per heavy atom. The average Bonchev–Trinajstić information content (AvgIpc) is 2.92. The van der Waals surface area contributed by atoms with Crippen LogP contribution in [-0.2, 0) is 4.79 Å². The molecule has 0 bridgehead atoms. The second-order valence-electron chi connectivity index (χ2n) is 8.07. The topological polar surface area (TPSA) is 126 Å². The monoisotopic (exact) mass is 506 g/mol. The van der Waals surface area contributed by atoms with Gasteiger partial charge in [-0.3, -0.25) is 4.79 Å². The van der Waals surface area contributed by atoms with Crippen LogP contribution in [0, 0.1) is 11.3 Å². The van der Waals surface area contributed by atoms with Crippen molar-refractivity contribution in [2.45, 2.75) is 6.92 Å². The van der Waals surface area contributed by atoms with Gasteiger partial charge in [0.1, 0.15) is 11.6 Å². The number of nitrogens with zero attached hydrogens (tertiary/aromatic N) is 1. The molecule has 0 aromatic heterocycles. The highest BCUT2D eigenvalue weighted by Gasteiger charge is 2.17. The predicted molar refractivity (Wildman–Crippen MR) is 142 cm³/mol. The summed E-state index contributed by atoms with van der Waals surface area (Å²) in [5.41, 5.74) is 0.894. The first-order valence-electron chi connectivity index (χ1n) is 11.6. The highest BCUT2D eigenvalue weighted by Crippen LogP contribution is 2.31. The molecule has 0 saturated heterocycles. The van der Waals surface area contributed by atoms with Gasteiger partial charge in [0, 0.05) is 5.69 Å². The van der Waals surface area contributed by atoms with Crippen LogP contribution >= 0.6 is 0 Å². The Bertz CT molecular complexity index is 1610. The number of benzene rings is 4. The Hall–Kier alpha value is -5.42. The third-order valence-corrected chi connectivity index (χ3v) is 5.52. The van der Waals surface area contributed by atoms with Crippen LogP contribution in [-0.4, -0.2) is 29.6 Å². The molecule has 0 saturated carbocycles. The van der Waals surface area contributed by atoms with Gasteiger partial charge in [-0.25, -0.2) is 9.59 Å². The first-order valence-corrected chi connectivity index (χ1v) is 11.6. The van der Waals surface area contributed by atoms with Crippen LogP contribution in [0.25, 0.3) is 16.8 Å².